The van der Waals surface area contributed by atoms with Crippen molar-refractivity contribution >= 4 is 11.8 Å². The van der Waals surface area contributed by atoms with Gasteiger partial charge >= 0.3 is 0 Å². The number of hydrogen-bond acceptors (Lipinski definition) is 4. The summed E-state index contributed by atoms with van der Waals surface area (Å²) < 4.78 is 0. The molecule has 0 saturated carbocycles. The summed E-state index contributed by atoms with van der Waals surface area (Å²) in [6.45, 7) is 4.60. The molecule has 0 aromatic rings. The number of imide groups is 1. The summed E-state index contributed by atoms with van der Waals surface area (Å²) in [6, 6.07) is 0. The average molecular weight is 397 g/mol. The Morgan fingerprint density at radius 2 is 1.36 bits per heavy atom. The van der Waals surface area contributed by atoms with Gasteiger partial charge < -0.3 is 10.4 Å². The van der Waals surface area contributed by atoms with Crippen molar-refractivity contribution in [2.24, 2.45) is 0 Å². The Kier molecular flexibility index (Phi) is 15.2. The van der Waals surface area contributed by atoms with Gasteiger partial charge in [-0.2, -0.15) is 0 Å². The lowest BCUT2D eigenvalue weighted by molar-refractivity contribution is -0.138. The Morgan fingerprint density at radius 1 is 0.821 bits per heavy atom. The number of aliphatic hydroxyl groups excluding tert-OH is 1. The molecule has 1 aliphatic heterocycles. The molecule has 0 radical (unpaired) electrons. The van der Waals surface area contributed by atoms with E-state index < -0.39 is 0 Å². The molecule has 2 N–H and O–H groups in total. The molecule has 1 atom stereocenters. The number of nitrogens with one attached hydrogen (secondary N) is 1. The van der Waals surface area contributed by atoms with Crippen LogP contribution in [0.15, 0.2) is 0 Å². The first kappa shape index (κ1) is 25.1. The molecule has 1 aliphatic rings. The van der Waals surface area contributed by atoms with Crippen molar-refractivity contribution < 1.29 is 14.7 Å². The highest BCUT2D eigenvalue weighted by atomic mass is 16.3. The molecule has 1 rings (SSSR count). The Labute approximate surface area is 172 Å². The Balaban J connectivity index is 1.79. The summed E-state index contributed by atoms with van der Waals surface area (Å²) in [4.78, 5) is 24.4. The highest BCUT2D eigenvalue weighted by Gasteiger charge is 2.27. The van der Waals surface area contributed by atoms with Crippen molar-refractivity contribution in [3.05, 3.63) is 0 Å². The normalized spacial score (nSPS) is 15.6. The molecular formula is C23H44N2O3. The Hall–Kier alpha value is -0.940. The molecule has 1 unspecified atom stereocenters. The largest absolute Gasteiger partial charge is 0.392 e. The van der Waals surface area contributed by atoms with Crippen LogP contribution in [0.5, 0.6) is 0 Å². The molecule has 0 aromatic heterocycles. The number of amides is 2. The van der Waals surface area contributed by atoms with E-state index in [1.165, 1.54) is 69.1 Å². The highest BCUT2D eigenvalue weighted by molar-refractivity contribution is 6.01. The van der Waals surface area contributed by atoms with E-state index >= 15 is 0 Å². The SMILES string of the molecule is CCCCCCCCNCC(O)CCCCCCCCCN1C(=O)CCC1=O. The van der Waals surface area contributed by atoms with Crippen LogP contribution in [0.25, 0.3) is 0 Å². The number of nitrogens with zero attached hydrogens (tertiary/aromatic N) is 1. The van der Waals surface area contributed by atoms with Gasteiger partial charge in [-0.15, -0.1) is 0 Å². The molecular weight excluding hydrogens is 352 g/mol. The van der Waals surface area contributed by atoms with Gasteiger partial charge in [0.2, 0.25) is 11.8 Å². The monoisotopic (exact) mass is 396 g/mol. The topological polar surface area (TPSA) is 69.6 Å². The average Bonchev–Trinajstić information content (AvgIpc) is 3.00. The lowest BCUT2D eigenvalue weighted by Gasteiger charge is -2.13. The summed E-state index contributed by atoms with van der Waals surface area (Å²) in [6.07, 6.45) is 17.2. The van der Waals surface area contributed by atoms with Crippen LogP contribution < -0.4 is 5.32 Å². The van der Waals surface area contributed by atoms with Gasteiger partial charge in [-0.3, -0.25) is 14.5 Å². The first-order valence-corrected chi connectivity index (χ1v) is 11.9. The summed E-state index contributed by atoms with van der Waals surface area (Å²) in [5.74, 6) is 0.00930. The van der Waals surface area contributed by atoms with E-state index in [1.807, 2.05) is 0 Å². The van der Waals surface area contributed by atoms with E-state index in [0.29, 0.717) is 19.4 Å². The van der Waals surface area contributed by atoms with E-state index in [4.69, 9.17) is 0 Å². The van der Waals surface area contributed by atoms with Crippen LogP contribution in [0.2, 0.25) is 0 Å². The van der Waals surface area contributed by atoms with Gasteiger partial charge in [0, 0.05) is 25.9 Å². The Morgan fingerprint density at radius 3 is 2.00 bits per heavy atom. The van der Waals surface area contributed by atoms with Gasteiger partial charge in [0.25, 0.3) is 0 Å². The molecule has 0 aliphatic carbocycles. The van der Waals surface area contributed by atoms with Crippen LogP contribution in [0.4, 0.5) is 0 Å². The van der Waals surface area contributed by atoms with Crippen molar-refractivity contribution in [1.29, 1.82) is 0 Å². The standard InChI is InChI=1S/C23H44N2O3/c1-2-3-4-5-10-13-18-24-20-21(26)15-12-9-7-6-8-11-14-19-25-22(27)16-17-23(25)28/h21,24,26H,2-20H2,1H3. The fourth-order valence-corrected chi connectivity index (χ4v) is 3.81. The van der Waals surface area contributed by atoms with Gasteiger partial charge in [-0.05, 0) is 25.8 Å². The van der Waals surface area contributed by atoms with Crippen LogP contribution >= 0.6 is 0 Å². The smallest absolute Gasteiger partial charge is 0.229 e. The fraction of sp³-hybridized carbons (Fsp3) is 0.913. The van der Waals surface area contributed by atoms with Gasteiger partial charge in [0.1, 0.15) is 0 Å². The second kappa shape index (κ2) is 17.0. The summed E-state index contributed by atoms with van der Waals surface area (Å²) >= 11 is 0. The molecule has 1 saturated heterocycles. The van der Waals surface area contributed by atoms with Crippen molar-refractivity contribution in [2.45, 2.75) is 116 Å². The molecule has 5 nitrogen and oxygen atoms in total. The van der Waals surface area contributed by atoms with Crippen LogP contribution in [0, 0.1) is 0 Å². The molecule has 164 valence electrons. The van der Waals surface area contributed by atoms with Crippen molar-refractivity contribution in [3.63, 3.8) is 0 Å². The van der Waals surface area contributed by atoms with Crippen molar-refractivity contribution in [3.8, 4) is 0 Å². The van der Waals surface area contributed by atoms with Gasteiger partial charge in [-0.1, -0.05) is 77.6 Å². The maximum absolute atomic E-state index is 11.5. The van der Waals surface area contributed by atoms with Crippen molar-refractivity contribution in [2.75, 3.05) is 19.6 Å². The molecule has 1 fully saturated rings. The van der Waals surface area contributed by atoms with Crippen molar-refractivity contribution in [1.82, 2.24) is 10.2 Å². The van der Waals surface area contributed by atoms with Gasteiger partial charge in [-0.25, -0.2) is 0 Å². The number of aliphatic hydroxyl groups is 1. The maximum Gasteiger partial charge on any atom is 0.229 e. The molecule has 5 heteroatoms. The van der Waals surface area contributed by atoms with Crippen LogP contribution in [-0.4, -0.2) is 47.6 Å². The van der Waals surface area contributed by atoms with Crippen LogP contribution in [0.1, 0.15) is 110 Å². The number of carbonyl (C=O) groups is 2. The van der Waals surface area contributed by atoms with Gasteiger partial charge in [0.05, 0.1) is 6.10 Å². The predicted molar refractivity (Wildman–Crippen MR) is 115 cm³/mol. The number of carbonyl (C=O) groups excluding carboxylic acids is 2. The molecule has 1 heterocycles. The minimum absolute atomic E-state index is 0.00465. The molecule has 0 bridgehead atoms. The summed E-state index contributed by atoms with van der Waals surface area (Å²) in [5.41, 5.74) is 0. The highest BCUT2D eigenvalue weighted by Crippen LogP contribution is 2.14. The lowest BCUT2D eigenvalue weighted by atomic mass is 10.1. The van der Waals surface area contributed by atoms with E-state index in [2.05, 4.69) is 12.2 Å². The summed E-state index contributed by atoms with van der Waals surface area (Å²) in [5, 5.41) is 13.4. The van der Waals surface area contributed by atoms with Crippen LogP contribution in [0.3, 0.4) is 0 Å². The Bertz CT molecular complexity index is 399. The van der Waals surface area contributed by atoms with E-state index in [0.717, 1.165) is 38.8 Å². The zero-order valence-electron chi connectivity index (χ0n) is 18.2. The number of rotatable bonds is 19. The van der Waals surface area contributed by atoms with E-state index in [9.17, 15) is 14.7 Å². The maximum atomic E-state index is 11.5. The first-order valence-electron chi connectivity index (χ1n) is 11.9. The number of likely N-dealkylation sites (tertiary alicyclic amines) is 1. The summed E-state index contributed by atoms with van der Waals surface area (Å²) in [7, 11) is 0. The third-order valence-corrected chi connectivity index (χ3v) is 5.66. The third kappa shape index (κ3) is 12.5. The van der Waals surface area contributed by atoms with Crippen LogP contribution in [-0.2, 0) is 9.59 Å². The quantitative estimate of drug-likeness (QED) is 0.248. The molecule has 2 amide bonds. The first-order chi connectivity index (χ1) is 13.6. The molecule has 0 spiro atoms. The second-order valence-corrected chi connectivity index (χ2v) is 8.33. The number of hydrogen-bond donors (Lipinski definition) is 2. The zero-order valence-corrected chi connectivity index (χ0v) is 18.2. The minimum atomic E-state index is -0.212. The molecule has 0 aromatic carbocycles. The van der Waals surface area contributed by atoms with E-state index in [1.54, 1.807) is 0 Å². The van der Waals surface area contributed by atoms with E-state index in [-0.39, 0.29) is 17.9 Å². The third-order valence-electron chi connectivity index (χ3n) is 5.66. The zero-order chi connectivity index (χ0) is 20.5. The molecule has 28 heavy (non-hydrogen) atoms. The number of unbranched alkanes of at least 4 members (excludes halogenated alkanes) is 11. The fourth-order valence-electron chi connectivity index (χ4n) is 3.81. The minimum Gasteiger partial charge on any atom is -0.392 e. The second-order valence-electron chi connectivity index (χ2n) is 8.33. The lowest BCUT2D eigenvalue weighted by Crippen LogP contribution is -2.29. The van der Waals surface area contributed by atoms with Gasteiger partial charge in [0.15, 0.2) is 0 Å². The predicted octanol–water partition coefficient (Wildman–Crippen LogP) is 4.57.